The van der Waals surface area contributed by atoms with Gasteiger partial charge in [-0.25, -0.2) is 4.98 Å². The van der Waals surface area contributed by atoms with Crippen LogP contribution in [0.5, 0.6) is 0 Å². The second-order valence-corrected chi connectivity index (χ2v) is 7.27. The van der Waals surface area contributed by atoms with Gasteiger partial charge in [0.25, 0.3) is 0 Å². The van der Waals surface area contributed by atoms with Crippen LogP contribution in [0.4, 0.5) is 0 Å². The zero-order valence-electron chi connectivity index (χ0n) is 11.8. The Morgan fingerprint density at radius 1 is 1.50 bits per heavy atom. The maximum absolute atomic E-state index is 6.14. The Labute approximate surface area is 113 Å². The molecule has 1 aliphatic rings. The first-order valence-electron chi connectivity index (χ1n) is 6.33. The summed E-state index contributed by atoms with van der Waals surface area (Å²) in [4.78, 5) is 4.56. The van der Waals surface area contributed by atoms with E-state index in [9.17, 15) is 0 Å². The summed E-state index contributed by atoms with van der Waals surface area (Å²) in [5, 5.41) is 3.16. The average molecular weight is 269 g/mol. The molecule has 18 heavy (non-hydrogen) atoms. The Hall–Kier alpha value is -0.490. The van der Waals surface area contributed by atoms with Crippen molar-refractivity contribution in [2.45, 2.75) is 58.3 Å². The van der Waals surface area contributed by atoms with Crippen molar-refractivity contribution in [3.05, 3.63) is 16.1 Å². The zero-order chi connectivity index (χ0) is 13.6. The van der Waals surface area contributed by atoms with E-state index in [1.165, 1.54) is 0 Å². The van der Waals surface area contributed by atoms with E-state index in [0.29, 0.717) is 5.92 Å². The van der Waals surface area contributed by atoms with Crippen molar-refractivity contribution in [2.24, 2.45) is 11.8 Å². The van der Waals surface area contributed by atoms with E-state index in [-0.39, 0.29) is 17.2 Å². The molecule has 2 atom stereocenters. The topological polar surface area (TPSA) is 60.2 Å². The van der Waals surface area contributed by atoms with Crippen LogP contribution in [-0.4, -0.2) is 16.2 Å². The molecule has 1 saturated heterocycles. The summed E-state index contributed by atoms with van der Waals surface area (Å²) in [7, 11) is 0. The van der Waals surface area contributed by atoms with Crippen LogP contribution in [0.15, 0.2) is 5.38 Å². The fraction of sp³-hybridized carbons (Fsp3) is 0.769. The highest BCUT2D eigenvalue weighted by atomic mass is 32.1. The molecule has 0 aromatic carbocycles. The molecular weight excluding hydrogens is 246 g/mol. The molecule has 0 spiro atoms. The Morgan fingerprint density at radius 3 is 2.56 bits per heavy atom. The molecule has 2 unspecified atom stereocenters. The van der Waals surface area contributed by atoms with Crippen LogP contribution in [0.3, 0.4) is 0 Å². The lowest BCUT2D eigenvalue weighted by Crippen LogP contribution is -2.41. The highest BCUT2D eigenvalue weighted by molar-refractivity contribution is 7.09. The third-order valence-corrected chi connectivity index (χ3v) is 4.47. The molecular formula is C13H23N3OS. The fourth-order valence-electron chi connectivity index (χ4n) is 3.05. The van der Waals surface area contributed by atoms with Gasteiger partial charge in [-0.1, -0.05) is 0 Å². The fourth-order valence-corrected chi connectivity index (χ4v) is 3.70. The molecule has 1 aliphatic heterocycles. The van der Waals surface area contributed by atoms with Gasteiger partial charge < -0.3 is 4.74 Å². The molecule has 1 aromatic rings. The highest BCUT2D eigenvalue weighted by Crippen LogP contribution is 2.47. The lowest BCUT2D eigenvalue weighted by Gasteiger charge is -2.31. The van der Waals surface area contributed by atoms with E-state index in [0.717, 1.165) is 17.1 Å². The van der Waals surface area contributed by atoms with Crippen LogP contribution in [0.1, 0.15) is 50.9 Å². The first-order valence-corrected chi connectivity index (χ1v) is 7.21. The van der Waals surface area contributed by atoms with E-state index < -0.39 is 0 Å². The number of ether oxygens (including phenoxy) is 1. The number of nitrogens with zero attached hydrogens (tertiary/aromatic N) is 1. The lowest BCUT2D eigenvalue weighted by molar-refractivity contribution is -0.0780. The standard InChI is InChI=1S/C13H23N3OS/c1-8-15-10(7-18-8)11(16-14)9-6-12(2,3)17-13(9,4)5/h7,9,11,16H,6,14H2,1-5H3. The summed E-state index contributed by atoms with van der Waals surface area (Å²) in [6.07, 6.45) is 0.978. The van der Waals surface area contributed by atoms with E-state index >= 15 is 0 Å². The molecule has 1 aromatic heterocycles. The van der Waals surface area contributed by atoms with Crippen molar-refractivity contribution >= 4 is 11.3 Å². The van der Waals surface area contributed by atoms with Crippen molar-refractivity contribution in [3.8, 4) is 0 Å². The maximum atomic E-state index is 6.14. The minimum atomic E-state index is -0.196. The van der Waals surface area contributed by atoms with E-state index in [1.807, 2.05) is 6.92 Å². The van der Waals surface area contributed by atoms with Crippen LogP contribution in [0.25, 0.3) is 0 Å². The first-order chi connectivity index (χ1) is 8.25. The molecule has 4 nitrogen and oxygen atoms in total. The normalized spacial score (nSPS) is 27.3. The summed E-state index contributed by atoms with van der Waals surface area (Å²) >= 11 is 1.66. The van der Waals surface area contributed by atoms with E-state index in [1.54, 1.807) is 11.3 Å². The Bertz CT molecular complexity index is 428. The number of nitrogens with two attached hydrogens (primary N) is 1. The van der Waals surface area contributed by atoms with Gasteiger partial charge in [0.05, 0.1) is 27.9 Å². The molecule has 3 N–H and O–H groups in total. The van der Waals surface area contributed by atoms with Gasteiger partial charge in [-0.2, -0.15) is 0 Å². The number of thiazole rings is 1. The molecule has 0 aliphatic carbocycles. The molecule has 0 saturated carbocycles. The van der Waals surface area contributed by atoms with Crippen LogP contribution in [0, 0.1) is 12.8 Å². The van der Waals surface area contributed by atoms with Crippen LogP contribution in [-0.2, 0) is 4.74 Å². The Kier molecular flexibility index (Phi) is 3.53. The van der Waals surface area contributed by atoms with Crippen molar-refractivity contribution in [1.29, 1.82) is 0 Å². The van der Waals surface area contributed by atoms with Crippen LogP contribution >= 0.6 is 11.3 Å². The third-order valence-electron chi connectivity index (χ3n) is 3.68. The van der Waals surface area contributed by atoms with Gasteiger partial charge in [0.15, 0.2) is 0 Å². The quantitative estimate of drug-likeness (QED) is 0.654. The van der Waals surface area contributed by atoms with Crippen LogP contribution < -0.4 is 11.3 Å². The minimum Gasteiger partial charge on any atom is -0.369 e. The van der Waals surface area contributed by atoms with Gasteiger partial charge in [0, 0.05) is 11.3 Å². The molecule has 102 valence electrons. The average Bonchev–Trinajstić information content (AvgIpc) is 2.70. The lowest BCUT2D eigenvalue weighted by atomic mass is 9.81. The number of aromatic nitrogens is 1. The predicted molar refractivity (Wildman–Crippen MR) is 74.3 cm³/mol. The number of aryl methyl sites for hydroxylation is 1. The minimum absolute atomic E-state index is 0.0479. The van der Waals surface area contributed by atoms with Crippen molar-refractivity contribution in [3.63, 3.8) is 0 Å². The summed E-state index contributed by atoms with van der Waals surface area (Å²) in [6, 6.07) is 0.0479. The summed E-state index contributed by atoms with van der Waals surface area (Å²) in [5.41, 5.74) is 3.66. The van der Waals surface area contributed by atoms with Crippen molar-refractivity contribution in [1.82, 2.24) is 10.4 Å². The largest absolute Gasteiger partial charge is 0.369 e. The number of hydrogen-bond acceptors (Lipinski definition) is 5. The highest BCUT2D eigenvalue weighted by Gasteiger charge is 2.49. The SMILES string of the molecule is Cc1nc(C(NN)C2CC(C)(C)OC2(C)C)cs1. The summed E-state index contributed by atoms with van der Waals surface area (Å²) in [5.74, 6) is 6.08. The smallest absolute Gasteiger partial charge is 0.0898 e. The molecule has 2 heterocycles. The number of rotatable bonds is 3. The second kappa shape index (κ2) is 4.56. The van der Waals surface area contributed by atoms with Gasteiger partial charge in [0.2, 0.25) is 0 Å². The molecule has 5 heteroatoms. The number of nitrogens with one attached hydrogen (secondary N) is 1. The van der Waals surface area contributed by atoms with Crippen molar-refractivity contribution in [2.75, 3.05) is 0 Å². The second-order valence-electron chi connectivity index (χ2n) is 6.21. The maximum Gasteiger partial charge on any atom is 0.0898 e. The summed E-state index contributed by atoms with van der Waals surface area (Å²) < 4.78 is 6.14. The molecule has 0 amide bonds. The zero-order valence-corrected chi connectivity index (χ0v) is 12.6. The summed E-state index contributed by atoms with van der Waals surface area (Å²) in [6.45, 7) is 10.6. The van der Waals surface area contributed by atoms with Crippen molar-refractivity contribution < 1.29 is 4.74 Å². The Morgan fingerprint density at radius 2 is 2.17 bits per heavy atom. The van der Waals surface area contributed by atoms with E-state index in [2.05, 4.69) is 43.5 Å². The first kappa shape index (κ1) is 13.9. The molecule has 1 fully saturated rings. The predicted octanol–water partition coefficient (Wildman–Crippen LogP) is 2.55. The Balaban J connectivity index is 2.28. The molecule has 0 radical (unpaired) electrons. The van der Waals surface area contributed by atoms with Gasteiger partial charge in [-0.15, -0.1) is 11.3 Å². The number of hydrogen-bond donors (Lipinski definition) is 2. The van der Waals surface area contributed by atoms with Gasteiger partial charge in [-0.05, 0) is 41.0 Å². The monoisotopic (exact) mass is 269 g/mol. The molecule has 0 bridgehead atoms. The van der Waals surface area contributed by atoms with Crippen LogP contribution in [0.2, 0.25) is 0 Å². The van der Waals surface area contributed by atoms with Gasteiger partial charge in [0.1, 0.15) is 0 Å². The number of hydrazine groups is 1. The van der Waals surface area contributed by atoms with Gasteiger partial charge >= 0.3 is 0 Å². The third kappa shape index (κ3) is 2.59. The van der Waals surface area contributed by atoms with E-state index in [4.69, 9.17) is 10.6 Å². The van der Waals surface area contributed by atoms with Gasteiger partial charge in [-0.3, -0.25) is 11.3 Å². The molecule has 2 rings (SSSR count).